The molecule has 5 heteroatoms. The number of nitrogens with zero attached hydrogens (tertiary/aromatic N) is 1. The van der Waals surface area contributed by atoms with Crippen LogP contribution < -0.4 is 11.1 Å². The quantitative estimate of drug-likeness (QED) is 0.756. The minimum Gasteiger partial charge on any atom is -0.407 e. The van der Waals surface area contributed by atoms with Crippen molar-refractivity contribution in [1.29, 1.82) is 0 Å². The molecule has 114 valence electrons. The van der Waals surface area contributed by atoms with Gasteiger partial charge >= 0.3 is 5.76 Å². The first-order valence-corrected chi connectivity index (χ1v) is 7.39. The lowest BCUT2D eigenvalue weighted by Crippen LogP contribution is -2.51. The van der Waals surface area contributed by atoms with Crippen molar-refractivity contribution in [2.45, 2.75) is 6.04 Å². The zero-order valence-electron chi connectivity index (χ0n) is 12.2. The average Bonchev–Trinajstić information content (AvgIpc) is 2.92. The van der Waals surface area contributed by atoms with Gasteiger partial charge in [0.25, 0.3) is 0 Å². The van der Waals surface area contributed by atoms with E-state index in [1.54, 1.807) is 0 Å². The summed E-state index contributed by atoms with van der Waals surface area (Å²) in [6.07, 6.45) is 0. The van der Waals surface area contributed by atoms with Crippen molar-refractivity contribution in [3.63, 3.8) is 0 Å². The summed E-state index contributed by atoms with van der Waals surface area (Å²) in [5, 5.41) is 2.67. The van der Waals surface area contributed by atoms with E-state index in [2.05, 4.69) is 5.32 Å². The van der Waals surface area contributed by atoms with E-state index in [-0.39, 0.29) is 5.91 Å². The van der Waals surface area contributed by atoms with Crippen LogP contribution in [0.5, 0.6) is 0 Å². The molecule has 5 nitrogen and oxygen atoms in total. The van der Waals surface area contributed by atoms with E-state index >= 15 is 0 Å². The summed E-state index contributed by atoms with van der Waals surface area (Å²) in [5.74, 6) is -0.186. The second-order valence-corrected chi connectivity index (χ2v) is 5.41. The molecule has 1 amide bonds. The van der Waals surface area contributed by atoms with Crippen molar-refractivity contribution in [3.8, 4) is 22.6 Å². The molecule has 1 saturated heterocycles. The number of hydrogen-bond donors (Lipinski definition) is 1. The third kappa shape index (κ3) is 2.17. The Bertz CT molecular complexity index is 910. The number of carbonyl (C=O) groups excluding carboxylic acids is 1. The third-order valence-electron chi connectivity index (χ3n) is 4.01. The van der Waals surface area contributed by atoms with Gasteiger partial charge in [0.1, 0.15) is 6.04 Å². The van der Waals surface area contributed by atoms with Gasteiger partial charge < -0.3 is 9.73 Å². The molecule has 1 N–H and O–H groups in total. The molecule has 0 aliphatic carbocycles. The lowest BCUT2D eigenvalue weighted by Gasteiger charge is -2.27. The molecule has 0 radical (unpaired) electrons. The summed E-state index contributed by atoms with van der Waals surface area (Å²) in [6.45, 7) is 0.437. The molecule has 3 aromatic rings. The van der Waals surface area contributed by atoms with Crippen LogP contribution in [-0.2, 0) is 4.79 Å². The van der Waals surface area contributed by atoms with Gasteiger partial charge in [-0.2, -0.15) is 0 Å². The van der Waals surface area contributed by atoms with Crippen LogP contribution in [0.4, 0.5) is 0 Å². The number of amides is 1. The number of rotatable bonds is 3. The monoisotopic (exact) mass is 306 g/mol. The van der Waals surface area contributed by atoms with E-state index in [1.165, 1.54) is 4.57 Å². The molecule has 0 spiro atoms. The molecule has 1 unspecified atom stereocenters. The van der Waals surface area contributed by atoms with Crippen molar-refractivity contribution in [2.75, 3.05) is 6.54 Å². The van der Waals surface area contributed by atoms with Gasteiger partial charge in [-0.15, -0.1) is 0 Å². The van der Waals surface area contributed by atoms with Gasteiger partial charge in [0.15, 0.2) is 5.76 Å². The lowest BCUT2D eigenvalue weighted by atomic mass is 10.0. The summed E-state index contributed by atoms with van der Waals surface area (Å²) in [4.78, 5) is 24.2. The summed E-state index contributed by atoms with van der Waals surface area (Å²) < 4.78 is 6.97. The zero-order chi connectivity index (χ0) is 15.8. The minimum absolute atomic E-state index is 0.162. The predicted octanol–water partition coefficient (Wildman–Crippen LogP) is 2.45. The number of carbonyl (C=O) groups is 1. The highest BCUT2D eigenvalue weighted by Crippen LogP contribution is 2.34. The Kier molecular flexibility index (Phi) is 3.12. The summed E-state index contributed by atoms with van der Waals surface area (Å²) >= 11 is 0. The van der Waals surface area contributed by atoms with Crippen molar-refractivity contribution in [1.82, 2.24) is 9.88 Å². The van der Waals surface area contributed by atoms with Crippen LogP contribution in [0.25, 0.3) is 22.6 Å². The van der Waals surface area contributed by atoms with Gasteiger partial charge in [0, 0.05) is 17.7 Å². The molecule has 1 atom stereocenters. The fourth-order valence-electron chi connectivity index (χ4n) is 2.81. The van der Waals surface area contributed by atoms with Crippen molar-refractivity contribution >= 4 is 5.91 Å². The maximum atomic E-state index is 12.4. The molecular formula is C18H14N2O3. The highest BCUT2D eigenvalue weighted by Gasteiger charge is 2.35. The fourth-order valence-corrected chi connectivity index (χ4v) is 2.81. The lowest BCUT2D eigenvalue weighted by molar-refractivity contribution is -0.130. The van der Waals surface area contributed by atoms with Gasteiger partial charge in [-0.3, -0.25) is 9.36 Å². The fraction of sp³-hybridized carbons (Fsp3) is 0.111. The molecular weight excluding hydrogens is 292 g/mol. The van der Waals surface area contributed by atoms with E-state index in [9.17, 15) is 9.59 Å². The van der Waals surface area contributed by atoms with E-state index < -0.39 is 11.8 Å². The SMILES string of the molecule is O=C1NCC1n1c(-c2ccccc2)c(-c2ccccc2)oc1=O. The third-order valence-corrected chi connectivity index (χ3v) is 4.01. The second kappa shape index (κ2) is 5.28. The number of hydrogen-bond acceptors (Lipinski definition) is 3. The molecule has 23 heavy (non-hydrogen) atoms. The maximum absolute atomic E-state index is 12.4. The number of nitrogens with one attached hydrogen (secondary N) is 1. The van der Waals surface area contributed by atoms with Gasteiger partial charge in [-0.1, -0.05) is 60.7 Å². The second-order valence-electron chi connectivity index (χ2n) is 5.41. The molecule has 4 rings (SSSR count). The highest BCUT2D eigenvalue weighted by atomic mass is 16.4. The Hall–Kier alpha value is -3.08. The van der Waals surface area contributed by atoms with E-state index in [0.717, 1.165) is 11.1 Å². The van der Waals surface area contributed by atoms with Crippen LogP contribution in [0.1, 0.15) is 6.04 Å². The van der Waals surface area contributed by atoms with Gasteiger partial charge in [0.05, 0.1) is 5.69 Å². The first-order valence-electron chi connectivity index (χ1n) is 7.39. The summed E-state index contributed by atoms with van der Waals surface area (Å²) in [6, 6.07) is 18.4. The Balaban J connectivity index is 1.99. The van der Waals surface area contributed by atoms with E-state index in [1.807, 2.05) is 60.7 Å². The van der Waals surface area contributed by atoms with E-state index in [0.29, 0.717) is 18.0 Å². The first kappa shape index (κ1) is 13.6. The van der Waals surface area contributed by atoms with Crippen LogP contribution in [0, 0.1) is 0 Å². The minimum atomic E-state index is -0.515. The Labute approximate surface area is 132 Å². The van der Waals surface area contributed by atoms with Crippen LogP contribution in [-0.4, -0.2) is 17.0 Å². The molecule has 0 saturated carbocycles. The Morgan fingerprint density at radius 3 is 2.04 bits per heavy atom. The average molecular weight is 306 g/mol. The van der Waals surface area contributed by atoms with Crippen LogP contribution in [0.3, 0.4) is 0 Å². The number of β-lactam (4-membered cyclic amide) rings is 1. The Morgan fingerprint density at radius 2 is 1.52 bits per heavy atom. The normalized spacial score (nSPS) is 16.7. The van der Waals surface area contributed by atoms with Crippen molar-refractivity contribution in [2.24, 2.45) is 0 Å². The maximum Gasteiger partial charge on any atom is 0.420 e. The molecule has 1 fully saturated rings. The van der Waals surface area contributed by atoms with Crippen LogP contribution in [0.2, 0.25) is 0 Å². The Morgan fingerprint density at radius 1 is 0.913 bits per heavy atom. The first-order chi connectivity index (χ1) is 11.3. The van der Waals surface area contributed by atoms with Crippen molar-refractivity contribution < 1.29 is 9.21 Å². The smallest absolute Gasteiger partial charge is 0.407 e. The van der Waals surface area contributed by atoms with Crippen LogP contribution in [0.15, 0.2) is 69.9 Å². The summed E-state index contributed by atoms with van der Waals surface area (Å²) in [5.41, 5.74) is 2.29. The standard InChI is InChI=1S/C18H14N2O3/c21-17-14(11-19-17)20-15(12-7-3-1-4-8-12)16(23-18(20)22)13-9-5-2-6-10-13/h1-10,14H,11H2,(H,19,21). The van der Waals surface area contributed by atoms with Crippen LogP contribution >= 0.6 is 0 Å². The summed E-state index contributed by atoms with van der Waals surface area (Å²) in [7, 11) is 0. The highest BCUT2D eigenvalue weighted by molar-refractivity contribution is 5.88. The number of benzene rings is 2. The zero-order valence-corrected chi connectivity index (χ0v) is 12.2. The van der Waals surface area contributed by atoms with Gasteiger partial charge in [-0.05, 0) is 0 Å². The molecule has 1 aromatic heterocycles. The van der Waals surface area contributed by atoms with E-state index in [4.69, 9.17) is 4.42 Å². The molecule has 2 heterocycles. The molecule has 1 aliphatic heterocycles. The molecule has 0 bridgehead atoms. The molecule has 1 aliphatic rings. The van der Waals surface area contributed by atoms with Gasteiger partial charge in [0.2, 0.25) is 5.91 Å². The topological polar surface area (TPSA) is 64.2 Å². The largest absolute Gasteiger partial charge is 0.420 e. The number of oxazole rings is 1. The van der Waals surface area contributed by atoms with Crippen molar-refractivity contribution in [3.05, 3.63) is 71.2 Å². The number of aromatic nitrogens is 1. The predicted molar refractivity (Wildman–Crippen MR) is 85.9 cm³/mol. The molecule has 2 aromatic carbocycles. The van der Waals surface area contributed by atoms with Gasteiger partial charge in [-0.25, -0.2) is 4.79 Å².